The summed E-state index contributed by atoms with van der Waals surface area (Å²) in [6.07, 6.45) is 1.66. The van der Waals surface area contributed by atoms with E-state index >= 15 is 0 Å². The van der Waals surface area contributed by atoms with Gasteiger partial charge in [-0.1, -0.05) is 6.92 Å². The van der Waals surface area contributed by atoms with Crippen molar-refractivity contribution in [3.05, 3.63) is 53.6 Å². The lowest BCUT2D eigenvalue weighted by molar-refractivity contribution is -0.155. The molecule has 0 aliphatic carbocycles. The average Bonchev–Trinajstić information content (AvgIpc) is 2.89. The van der Waals surface area contributed by atoms with Gasteiger partial charge in [0.1, 0.15) is 0 Å². The van der Waals surface area contributed by atoms with Gasteiger partial charge in [-0.15, -0.1) is 0 Å². The largest absolute Gasteiger partial charge is 0.412 e. The fraction of sp³-hybridized carbons (Fsp3) is 0.333. The van der Waals surface area contributed by atoms with Gasteiger partial charge in [-0.2, -0.15) is 13.2 Å². The number of alkyl halides is 3. The van der Waals surface area contributed by atoms with Crippen molar-refractivity contribution in [2.75, 3.05) is 0 Å². The molecule has 0 unspecified atom stereocenters. The lowest BCUT2D eigenvalue weighted by Gasteiger charge is -2.21. The van der Waals surface area contributed by atoms with Gasteiger partial charge in [0.2, 0.25) is 0 Å². The predicted molar refractivity (Wildman–Crippen MR) is 75.3 cm³/mol. The van der Waals surface area contributed by atoms with Crippen molar-refractivity contribution >= 4 is 5.91 Å². The number of hydrogen-bond donors (Lipinski definition) is 1. The second-order valence-electron chi connectivity index (χ2n) is 4.94. The fourth-order valence-electron chi connectivity index (χ4n) is 2.19. The second-order valence-corrected chi connectivity index (χ2v) is 4.94. The van der Waals surface area contributed by atoms with Crippen LogP contribution in [0.25, 0.3) is 0 Å². The van der Waals surface area contributed by atoms with E-state index in [0.29, 0.717) is 12.0 Å². The van der Waals surface area contributed by atoms with E-state index in [9.17, 15) is 18.0 Å². The third-order valence-electron chi connectivity index (χ3n) is 3.32. The van der Waals surface area contributed by atoms with Crippen LogP contribution in [0.2, 0.25) is 0 Å². The Labute approximate surface area is 126 Å². The lowest BCUT2D eigenvalue weighted by Crippen LogP contribution is -2.38. The van der Waals surface area contributed by atoms with E-state index in [1.165, 1.54) is 41.5 Å². The Hall–Kier alpha value is -2.31. The number of pyridine rings is 1. The molecule has 0 saturated heterocycles. The van der Waals surface area contributed by atoms with Crippen molar-refractivity contribution in [2.45, 2.75) is 25.6 Å². The van der Waals surface area contributed by atoms with E-state index < -0.39 is 18.1 Å². The van der Waals surface area contributed by atoms with Crippen molar-refractivity contribution in [1.82, 2.24) is 14.9 Å². The number of rotatable bonds is 4. The molecule has 0 fully saturated rings. The summed E-state index contributed by atoms with van der Waals surface area (Å²) in [5, 5.41) is 2.07. The summed E-state index contributed by atoms with van der Waals surface area (Å²) in [4.78, 5) is 16.1. The smallest absolute Gasteiger partial charge is 0.357 e. The molecule has 22 heavy (non-hydrogen) atoms. The van der Waals surface area contributed by atoms with Gasteiger partial charge in [0.25, 0.3) is 5.91 Å². The van der Waals surface area contributed by atoms with Crippen LogP contribution in [0, 0.1) is 0 Å². The van der Waals surface area contributed by atoms with Gasteiger partial charge in [0.05, 0.1) is 0 Å². The standard InChI is InChI=1S/C15H16F3N3O/c1-3-10-8-19-6-4-12(10)14(22)20-13(15(16,17)18)11-5-7-21(2)9-11/h4-9,13H,3H2,1-2H3,(H,20,22)/t13-/m0/s1. The average molecular weight is 311 g/mol. The van der Waals surface area contributed by atoms with Crippen molar-refractivity contribution in [3.8, 4) is 0 Å². The number of carbonyl (C=O) groups excluding carboxylic acids is 1. The maximum Gasteiger partial charge on any atom is 0.412 e. The fourth-order valence-corrected chi connectivity index (χ4v) is 2.19. The van der Waals surface area contributed by atoms with Gasteiger partial charge >= 0.3 is 6.18 Å². The molecular formula is C15H16F3N3O. The maximum absolute atomic E-state index is 13.2. The first-order chi connectivity index (χ1) is 10.3. The molecule has 0 bridgehead atoms. The number of nitrogens with one attached hydrogen (secondary N) is 1. The first kappa shape index (κ1) is 16.1. The van der Waals surface area contributed by atoms with Gasteiger partial charge in [-0.25, -0.2) is 0 Å². The van der Waals surface area contributed by atoms with E-state index in [0.717, 1.165) is 0 Å². The van der Waals surface area contributed by atoms with E-state index in [1.807, 2.05) is 6.92 Å². The first-order valence-electron chi connectivity index (χ1n) is 6.75. The molecule has 0 aromatic carbocycles. The molecular weight excluding hydrogens is 295 g/mol. The summed E-state index contributed by atoms with van der Waals surface area (Å²) in [7, 11) is 1.62. The topological polar surface area (TPSA) is 46.9 Å². The highest BCUT2D eigenvalue weighted by Crippen LogP contribution is 2.33. The Morgan fingerprint density at radius 2 is 2.14 bits per heavy atom. The Morgan fingerprint density at radius 1 is 1.41 bits per heavy atom. The maximum atomic E-state index is 13.2. The quantitative estimate of drug-likeness (QED) is 0.943. The number of aromatic nitrogens is 2. The number of carbonyl (C=O) groups is 1. The van der Waals surface area contributed by atoms with E-state index in [-0.39, 0.29) is 11.1 Å². The van der Waals surface area contributed by atoms with Crippen LogP contribution in [0.15, 0.2) is 36.9 Å². The van der Waals surface area contributed by atoms with Gasteiger partial charge in [0, 0.05) is 43.0 Å². The molecule has 2 aromatic heterocycles. The molecule has 2 rings (SSSR count). The van der Waals surface area contributed by atoms with Crippen LogP contribution in [-0.4, -0.2) is 21.6 Å². The van der Waals surface area contributed by atoms with Crippen LogP contribution in [0.1, 0.15) is 34.5 Å². The molecule has 0 aliphatic heterocycles. The third kappa shape index (κ3) is 3.47. The Morgan fingerprint density at radius 3 is 2.68 bits per heavy atom. The minimum atomic E-state index is -4.57. The zero-order chi connectivity index (χ0) is 16.3. The highest BCUT2D eigenvalue weighted by molar-refractivity contribution is 5.95. The summed E-state index contributed by atoms with van der Waals surface area (Å²) in [6, 6.07) is 0.720. The zero-order valence-corrected chi connectivity index (χ0v) is 12.2. The number of amides is 1. The Kier molecular flexibility index (Phi) is 4.54. The second kappa shape index (κ2) is 6.21. The van der Waals surface area contributed by atoms with Crippen LogP contribution in [-0.2, 0) is 13.5 Å². The summed E-state index contributed by atoms with van der Waals surface area (Å²) in [5.74, 6) is -0.759. The van der Waals surface area contributed by atoms with Crippen LogP contribution >= 0.6 is 0 Å². The molecule has 7 heteroatoms. The molecule has 0 spiro atoms. The molecule has 0 radical (unpaired) electrons. The number of aryl methyl sites for hydroxylation is 2. The van der Waals surface area contributed by atoms with E-state index in [2.05, 4.69) is 10.3 Å². The van der Waals surface area contributed by atoms with Crippen LogP contribution in [0.5, 0.6) is 0 Å². The van der Waals surface area contributed by atoms with Crippen molar-refractivity contribution < 1.29 is 18.0 Å². The summed E-state index contributed by atoms with van der Waals surface area (Å²) in [6.45, 7) is 1.81. The third-order valence-corrected chi connectivity index (χ3v) is 3.32. The van der Waals surface area contributed by atoms with E-state index in [1.54, 1.807) is 7.05 Å². The lowest BCUT2D eigenvalue weighted by atomic mass is 10.1. The monoisotopic (exact) mass is 311 g/mol. The predicted octanol–water partition coefficient (Wildman–Crippen LogP) is 3.02. The zero-order valence-electron chi connectivity index (χ0n) is 12.2. The molecule has 0 aliphatic rings. The molecule has 1 amide bonds. The Bertz CT molecular complexity index is 664. The molecule has 1 N–H and O–H groups in total. The van der Waals surface area contributed by atoms with Crippen LogP contribution < -0.4 is 5.32 Å². The SMILES string of the molecule is CCc1cnccc1C(=O)N[C@@H](c1ccn(C)c1)C(F)(F)F. The highest BCUT2D eigenvalue weighted by atomic mass is 19.4. The summed E-state index contributed by atoms with van der Waals surface area (Å²) < 4.78 is 41.2. The number of hydrogen-bond acceptors (Lipinski definition) is 2. The summed E-state index contributed by atoms with van der Waals surface area (Å²) in [5.41, 5.74) is 0.812. The van der Waals surface area contributed by atoms with Crippen LogP contribution in [0.3, 0.4) is 0 Å². The number of halogens is 3. The molecule has 2 heterocycles. The molecule has 0 saturated carbocycles. The molecule has 2 aromatic rings. The first-order valence-corrected chi connectivity index (χ1v) is 6.75. The van der Waals surface area contributed by atoms with Crippen molar-refractivity contribution in [1.29, 1.82) is 0 Å². The van der Waals surface area contributed by atoms with Crippen molar-refractivity contribution in [2.24, 2.45) is 7.05 Å². The van der Waals surface area contributed by atoms with Crippen molar-refractivity contribution in [3.63, 3.8) is 0 Å². The molecule has 118 valence electrons. The minimum Gasteiger partial charge on any atom is -0.357 e. The van der Waals surface area contributed by atoms with E-state index in [4.69, 9.17) is 0 Å². The highest BCUT2D eigenvalue weighted by Gasteiger charge is 2.42. The number of nitrogens with zero attached hydrogens (tertiary/aromatic N) is 2. The molecule has 1 atom stereocenters. The molecule has 4 nitrogen and oxygen atoms in total. The van der Waals surface area contributed by atoms with Gasteiger partial charge in [-0.05, 0) is 24.1 Å². The van der Waals surface area contributed by atoms with Crippen LogP contribution in [0.4, 0.5) is 13.2 Å². The van der Waals surface area contributed by atoms with Gasteiger partial charge in [-0.3, -0.25) is 9.78 Å². The minimum absolute atomic E-state index is 0.00421. The summed E-state index contributed by atoms with van der Waals surface area (Å²) >= 11 is 0. The Balaban J connectivity index is 2.29. The normalized spacial score (nSPS) is 13.0. The van der Waals surface area contributed by atoms with Gasteiger partial charge in [0.15, 0.2) is 6.04 Å². The van der Waals surface area contributed by atoms with Gasteiger partial charge < -0.3 is 9.88 Å².